The van der Waals surface area contributed by atoms with Gasteiger partial charge in [0, 0.05) is 44.8 Å². The largest absolute Gasteiger partial charge is 0.385 e. The van der Waals surface area contributed by atoms with Crippen LogP contribution in [0, 0.1) is 19.4 Å². The quantitative estimate of drug-likeness (QED) is 0.278. The Morgan fingerprint density at radius 2 is 1.73 bits per heavy atom. The zero-order valence-electron chi connectivity index (χ0n) is 18.5. The Hall–Kier alpha value is -2.34. The molecule has 1 aliphatic rings. The van der Waals surface area contributed by atoms with E-state index in [1.54, 1.807) is 0 Å². The third-order valence-electron chi connectivity index (χ3n) is 4.79. The van der Waals surface area contributed by atoms with E-state index in [1.807, 2.05) is 85.8 Å². The molecule has 165 valence electrons. The molecule has 33 heavy (non-hydrogen) atoms. The molecule has 1 heterocycles. The first-order valence-electron chi connectivity index (χ1n) is 10.6. The van der Waals surface area contributed by atoms with Gasteiger partial charge >= 0.3 is 0 Å². The van der Waals surface area contributed by atoms with Gasteiger partial charge in [0.15, 0.2) is 5.13 Å². The average molecular weight is 528 g/mol. The van der Waals surface area contributed by atoms with E-state index < -0.39 is 0 Å². The van der Waals surface area contributed by atoms with Crippen LogP contribution in [0.1, 0.15) is 33.6 Å². The Morgan fingerprint density at radius 1 is 1.06 bits per heavy atom. The fourth-order valence-corrected chi connectivity index (χ4v) is 3.85. The summed E-state index contributed by atoms with van der Waals surface area (Å²) in [4.78, 5) is 18.3. The van der Waals surface area contributed by atoms with Crippen LogP contribution >= 0.6 is 11.3 Å². The molecule has 0 bridgehead atoms. The minimum absolute atomic E-state index is 0. The second kappa shape index (κ2) is 12.8. The first-order valence-corrected chi connectivity index (χ1v) is 11.5. The third kappa shape index (κ3) is 7.60. The summed E-state index contributed by atoms with van der Waals surface area (Å²) >= 11 is 1.35. The summed E-state index contributed by atoms with van der Waals surface area (Å²) in [6.07, 6.45) is 5.00. The Labute approximate surface area is 224 Å². The van der Waals surface area contributed by atoms with Crippen LogP contribution in [-0.4, -0.2) is 10.9 Å². The molecule has 1 fully saturated rings. The van der Waals surface area contributed by atoms with E-state index in [-0.39, 0.29) is 38.6 Å². The van der Waals surface area contributed by atoms with Gasteiger partial charge in [-0.05, 0) is 5.56 Å². The number of carbonyl (C=O) groups excluding carboxylic acids is 1. The first kappa shape index (κ1) is 25.3. The number of carbonyl (C=O) groups is 1. The monoisotopic (exact) mass is 528 g/mol. The number of hydrogen-bond donors (Lipinski definition) is 2. The molecular weight excluding hydrogens is 503 g/mol. The molecule has 5 rings (SSSR count). The van der Waals surface area contributed by atoms with Gasteiger partial charge in [0.2, 0.25) is 0 Å². The number of aromatic nitrogens is 1. The van der Waals surface area contributed by atoms with E-state index in [1.165, 1.54) is 24.2 Å². The van der Waals surface area contributed by atoms with Gasteiger partial charge < -0.3 is 17.1 Å². The second-order valence-corrected chi connectivity index (χ2v) is 8.46. The summed E-state index contributed by atoms with van der Waals surface area (Å²) in [6.45, 7) is 2.50. The smallest absolute Gasteiger partial charge is 0.264 e. The number of aryl methyl sites for hydroxylation is 1. The molecule has 4 aromatic rings. The van der Waals surface area contributed by atoms with Crippen LogP contribution < -0.4 is 10.6 Å². The predicted molar refractivity (Wildman–Crippen MR) is 132 cm³/mol. The maximum Gasteiger partial charge on any atom is 0.264 e. The maximum absolute atomic E-state index is 13.0. The molecule has 6 heteroatoms. The van der Waals surface area contributed by atoms with Gasteiger partial charge in [0.05, 0.1) is 5.69 Å². The number of benzene rings is 3. The summed E-state index contributed by atoms with van der Waals surface area (Å²) in [5, 5.41) is 7.02. The normalized spacial score (nSPS) is 11.4. The number of anilines is 2. The Bertz CT molecular complexity index is 1160. The van der Waals surface area contributed by atoms with Crippen LogP contribution in [0.25, 0.3) is 11.3 Å². The van der Waals surface area contributed by atoms with Crippen molar-refractivity contribution in [2.24, 2.45) is 0 Å². The molecule has 0 unspecified atom stereocenters. The minimum Gasteiger partial charge on any atom is -0.385 e. The van der Waals surface area contributed by atoms with Crippen molar-refractivity contribution in [2.75, 3.05) is 5.32 Å². The van der Waals surface area contributed by atoms with Crippen molar-refractivity contribution in [1.29, 1.82) is 0 Å². The van der Waals surface area contributed by atoms with E-state index in [0.29, 0.717) is 22.2 Å². The molecule has 0 spiro atoms. The summed E-state index contributed by atoms with van der Waals surface area (Å²) < 4.78 is 0. The van der Waals surface area contributed by atoms with Gasteiger partial charge in [0.25, 0.3) is 5.91 Å². The van der Waals surface area contributed by atoms with Gasteiger partial charge in [-0.3, -0.25) is 4.79 Å². The summed E-state index contributed by atoms with van der Waals surface area (Å²) in [5.41, 5.74) is 4.67. The van der Waals surface area contributed by atoms with Gasteiger partial charge in [-0.1, -0.05) is 84.6 Å². The van der Waals surface area contributed by atoms with Crippen LogP contribution in [0.15, 0.2) is 78.9 Å². The van der Waals surface area contributed by atoms with Crippen molar-refractivity contribution in [2.45, 2.75) is 26.3 Å². The number of nitrogens with one attached hydrogen (secondary N) is 2. The second-order valence-electron chi connectivity index (χ2n) is 7.46. The molecule has 1 radical (unpaired) electrons. The van der Waals surface area contributed by atoms with Gasteiger partial charge in [-0.2, -0.15) is 24.3 Å². The van der Waals surface area contributed by atoms with Crippen LogP contribution in [0.3, 0.4) is 0 Å². The topological polar surface area (TPSA) is 54.0 Å². The van der Waals surface area contributed by atoms with Crippen LogP contribution in [-0.2, 0) is 39.3 Å². The number of thiazole rings is 1. The van der Waals surface area contributed by atoms with Crippen molar-refractivity contribution in [1.82, 2.24) is 10.3 Å². The fraction of sp³-hybridized carbons (Fsp3) is 0.148. The van der Waals surface area contributed by atoms with Crippen molar-refractivity contribution < 1.29 is 37.5 Å². The molecule has 3 aromatic carbocycles. The van der Waals surface area contributed by atoms with Crippen LogP contribution in [0.5, 0.6) is 0 Å². The van der Waals surface area contributed by atoms with Crippen molar-refractivity contribution >= 4 is 28.1 Å². The van der Waals surface area contributed by atoms with Crippen molar-refractivity contribution in [3.63, 3.8) is 0 Å². The van der Waals surface area contributed by atoms with Crippen LogP contribution in [0.4, 0.5) is 10.8 Å². The molecule has 1 amide bonds. The van der Waals surface area contributed by atoms with E-state index in [9.17, 15) is 4.79 Å². The van der Waals surface area contributed by atoms with Crippen molar-refractivity contribution in [3.05, 3.63) is 107 Å². The van der Waals surface area contributed by atoms with E-state index in [0.717, 1.165) is 22.4 Å². The molecular formula is C27H25N3OSY-2. The number of amides is 1. The molecule has 0 aliphatic heterocycles. The van der Waals surface area contributed by atoms with E-state index >= 15 is 0 Å². The first-order chi connectivity index (χ1) is 15.7. The Kier molecular flexibility index (Phi) is 9.80. The molecule has 1 aliphatic carbocycles. The summed E-state index contributed by atoms with van der Waals surface area (Å²) in [5.74, 6) is -0.130. The molecule has 0 saturated heterocycles. The van der Waals surface area contributed by atoms with Crippen molar-refractivity contribution in [3.8, 4) is 11.3 Å². The maximum atomic E-state index is 13.0. The summed E-state index contributed by atoms with van der Waals surface area (Å²) in [7, 11) is 0. The fourth-order valence-electron chi connectivity index (χ4n) is 2.94. The Balaban J connectivity index is 0.000000709. The molecule has 1 aromatic heterocycles. The predicted octanol–water partition coefficient (Wildman–Crippen LogP) is 6.57. The van der Waals surface area contributed by atoms with E-state index in [4.69, 9.17) is 4.98 Å². The molecule has 2 N–H and O–H groups in total. The standard InChI is InChI=1S/C24H20N3OS.C3H5.Y/c1-17-10-8-9-15-20(17)26-24-27-21(19-13-6-3-7-14-19)22(29-24)23(28)25-16-18-11-4-2-5-12-18;1-2-3-1;/h2-8,10-15H,16H2,1H3,(H,25,28)(H,26,27);1H,2-3H2;/q2*-1;. The average Bonchev–Trinajstić information content (AvgIpc) is 3.67. The summed E-state index contributed by atoms with van der Waals surface area (Å²) in [6, 6.07) is 28.5. The van der Waals surface area contributed by atoms with Gasteiger partial charge in [0.1, 0.15) is 4.88 Å². The molecule has 0 atom stereocenters. The minimum atomic E-state index is -0.130. The van der Waals surface area contributed by atoms with Crippen LogP contribution in [0.2, 0.25) is 0 Å². The van der Waals surface area contributed by atoms with E-state index in [2.05, 4.69) is 23.1 Å². The molecule has 4 nitrogen and oxygen atoms in total. The number of rotatable bonds is 6. The Morgan fingerprint density at radius 3 is 2.36 bits per heavy atom. The SMILES string of the molecule is Cc1cc[c-]cc1Nc1nc(-c2ccccc2)c(C(=O)NCc2ccccc2)s1.[CH-]1CC1.[Y]. The van der Waals surface area contributed by atoms with Gasteiger partial charge in [-0.25, -0.2) is 17.8 Å². The molecule has 1 saturated carbocycles. The zero-order valence-corrected chi connectivity index (χ0v) is 22.2. The third-order valence-corrected chi connectivity index (χ3v) is 5.76. The van der Waals surface area contributed by atoms with Gasteiger partial charge in [-0.15, -0.1) is 5.56 Å². The number of hydrogen-bond acceptors (Lipinski definition) is 4. The zero-order chi connectivity index (χ0) is 22.2. The number of nitrogens with zero attached hydrogens (tertiary/aromatic N) is 1.